The molecule has 0 aliphatic carbocycles. The van der Waals surface area contributed by atoms with E-state index < -0.39 is 11.4 Å². The van der Waals surface area contributed by atoms with Crippen LogP contribution in [0.25, 0.3) is 22.2 Å². The third-order valence-electron chi connectivity index (χ3n) is 2.40. The Morgan fingerprint density at radius 1 is 1.00 bits per heavy atom. The standard InChI is InChI=1S/C13H2FN5O/c14-10-1-7(8(3-15)4-16)2-11-12(10)19-13(20-11)9(5-17)6-18/h1-2H. The van der Waals surface area contributed by atoms with Crippen LogP contribution in [0.4, 0.5) is 4.39 Å². The second kappa shape index (κ2) is 4.90. The van der Waals surface area contributed by atoms with Gasteiger partial charge in [0.15, 0.2) is 17.0 Å². The minimum atomic E-state index is -0.814. The van der Waals surface area contributed by atoms with E-state index in [2.05, 4.69) is 4.98 Å². The van der Waals surface area contributed by atoms with Crippen molar-refractivity contribution in [3.05, 3.63) is 28.7 Å². The lowest BCUT2D eigenvalue weighted by atomic mass is 10.2. The van der Waals surface area contributed by atoms with Crippen molar-refractivity contribution in [3.8, 4) is 24.3 Å². The molecule has 2 aromatic rings. The van der Waals surface area contributed by atoms with Crippen LogP contribution < -0.4 is 10.8 Å². The van der Waals surface area contributed by atoms with Crippen LogP contribution in [0.5, 0.6) is 0 Å². The smallest absolute Gasteiger partial charge is 0.249 e. The highest BCUT2D eigenvalue weighted by Gasteiger charge is 2.11. The number of benzene rings is 1. The third-order valence-corrected chi connectivity index (χ3v) is 2.40. The first-order valence-electron chi connectivity index (χ1n) is 5.09. The second-order valence-corrected chi connectivity index (χ2v) is 3.52. The summed E-state index contributed by atoms with van der Waals surface area (Å²) in [7, 11) is 0. The van der Waals surface area contributed by atoms with Gasteiger partial charge in [-0.1, -0.05) is 0 Å². The molecule has 1 aromatic carbocycles. The molecular weight excluding hydrogens is 261 g/mol. The van der Waals surface area contributed by atoms with E-state index in [9.17, 15) is 4.39 Å². The van der Waals surface area contributed by atoms with Crippen LogP contribution in [0, 0.1) is 51.1 Å². The van der Waals surface area contributed by atoms with E-state index in [0.717, 1.165) is 6.07 Å². The fraction of sp³-hybridized carbons (Fsp3) is 0. The van der Waals surface area contributed by atoms with E-state index in [4.69, 9.17) is 25.5 Å². The largest absolute Gasteiger partial charge is 0.435 e. The topological polar surface area (TPSA) is 121 Å². The maximum absolute atomic E-state index is 13.8. The Morgan fingerprint density at radius 2 is 1.60 bits per heavy atom. The number of nitriles is 4. The number of oxazole rings is 1. The third kappa shape index (κ3) is 1.93. The summed E-state index contributed by atoms with van der Waals surface area (Å²) in [4.78, 5) is 3.71. The van der Waals surface area contributed by atoms with Gasteiger partial charge in [0.25, 0.3) is 0 Å². The average molecular weight is 263 g/mol. The fourth-order valence-electron chi connectivity index (χ4n) is 1.51. The molecule has 1 heterocycles. The molecule has 0 saturated heterocycles. The first-order chi connectivity index (χ1) is 9.64. The molecule has 20 heavy (non-hydrogen) atoms. The highest BCUT2D eigenvalue weighted by Crippen LogP contribution is 2.11. The van der Waals surface area contributed by atoms with E-state index >= 15 is 0 Å². The molecule has 0 saturated carbocycles. The first-order valence-corrected chi connectivity index (χ1v) is 5.09. The number of hydrogen-bond acceptors (Lipinski definition) is 6. The van der Waals surface area contributed by atoms with Gasteiger partial charge in [-0.05, 0) is 12.1 Å². The molecule has 0 amide bonds. The lowest BCUT2D eigenvalue weighted by molar-refractivity contribution is 0.559. The van der Waals surface area contributed by atoms with Gasteiger partial charge in [0.1, 0.15) is 35.4 Å². The fourth-order valence-corrected chi connectivity index (χ4v) is 1.51. The molecule has 1 aromatic heterocycles. The monoisotopic (exact) mass is 263 g/mol. The van der Waals surface area contributed by atoms with Crippen molar-refractivity contribution in [2.75, 3.05) is 0 Å². The van der Waals surface area contributed by atoms with Gasteiger partial charge >= 0.3 is 0 Å². The zero-order chi connectivity index (χ0) is 14.7. The number of hydrogen-bond donors (Lipinski definition) is 0. The Labute approximate surface area is 111 Å². The normalized spacial score (nSPS) is 9.05. The number of aromatic nitrogens is 1. The average Bonchev–Trinajstić information content (AvgIpc) is 2.86. The zero-order valence-corrected chi connectivity index (χ0v) is 9.68. The molecule has 0 aliphatic heterocycles. The SMILES string of the molecule is N#CC(C#N)=c1cc(F)c2nc(=C(C#N)C#N)oc2c1. The predicted octanol–water partition coefficient (Wildman–Crippen LogP) is 0.363. The Kier molecular flexibility index (Phi) is 3.13. The number of rotatable bonds is 0. The maximum atomic E-state index is 13.8. The van der Waals surface area contributed by atoms with Gasteiger partial charge in [0.2, 0.25) is 5.55 Å². The Balaban J connectivity index is 2.99. The summed E-state index contributed by atoms with van der Waals surface area (Å²) in [5, 5.41) is 34.9. The van der Waals surface area contributed by atoms with Gasteiger partial charge in [-0.15, -0.1) is 0 Å². The quantitative estimate of drug-likeness (QED) is 0.676. The van der Waals surface area contributed by atoms with Crippen molar-refractivity contribution in [3.63, 3.8) is 0 Å². The molecule has 0 bridgehead atoms. The van der Waals surface area contributed by atoms with Crippen molar-refractivity contribution in [1.29, 1.82) is 21.0 Å². The maximum Gasteiger partial charge on any atom is 0.249 e. The first kappa shape index (κ1) is 12.8. The highest BCUT2D eigenvalue weighted by molar-refractivity contribution is 5.79. The molecule has 0 atom stereocenters. The Hall–Kier alpha value is -3.68. The van der Waals surface area contributed by atoms with Crippen LogP contribution in [0.15, 0.2) is 16.5 Å². The number of nitrogens with zero attached hydrogens (tertiary/aromatic N) is 5. The van der Waals surface area contributed by atoms with Crippen molar-refractivity contribution in [2.45, 2.75) is 0 Å². The van der Waals surface area contributed by atoms with Gasteiger partial charge in [-0.3, -0.25) is 0 Å². The van der Waals surface area contributed by atoms with E-state index in [1.807, 2.05) is 0 Å². The van der Waals surface area contributed by atoms with Crippen molar-refractivity contribution < 1.29 is 8.81 Å². The van der Waals surface area contributed by atoms with Crippen LogP contribution >= 0.6 is 0 Å². The van der Waals surface area contributed by atoms with Crippen LogP contribution in [-0.4, -0.2) is 4.98 Å². The molecule has 7 heteroatoms. The van der Waals surface area contributed by atoms with Crippen LogP contribution in [0.1, 0.15) is 0 Å². The zero-order valence-electron chi connectivity index (χ0n) is 9.68. The predicted molar refractivity (Wildman–Crippen MR) is 62.5 cm³/mol. The van der Waals surface area contributed by atoms with Crippen LogP contribution in [-0.2, 0) is 0 Å². The van der Waals surface area contributed by atoms with Crippen molar-refractivity contribution >= 4 is 22.2 Å². The summed E-state index contributed by atoms with van der Waals surface area (Å²) in [6.45, 7) is 0. The molecule has 92 valence electrons. The second-order valence-electron chi connectivity index (χ2n) is 3.52. The number of halogens is 1. The minimum absolute atomic E-state index is 0.0400. The van der Waals surface area contributed by atoms with E-state index in [1.54, 1.807) is 24.3 Å². The van der Waals surface area contributed by atoms with Gasteiger partial charge in [0, 0.05) is 5.22 Å². The van der Waals surface area contributed by atoms with Gasteiger partial charge in [0.05, 0.1) is 0 Å². The summed E-state index contributed by atoms with van der Waals surface area (Å²) in [5.41, 5.74) is -1.22. The molecule has 0 unspecified atom stereocenters. The summed E-state index contributed by atoms with van der Waals surface area (Å²) < 4.78 is 18.9. The van der Waals surface area contributed by atoms with Gasteiger partial charge in [-0.2, -0.15) is 21.0 Å². The molecule has 0 N–H and O–H groups in total. The molecule has 0 spiro atoms. The molecular formula is C13H2FN5O. The van der Waals surface area contributed by atoms with E-state index in [-0.39, 0.29) is 27.4 Å². The lowest BCUT2D eigenvalue weighted by Gasteiger charge is -1.90. The van der Waals surface area contributed by atoms with E-state index in [1.165, 1.54) is 6.07 Å². The van der Waals surface area contributed by atoms with Crippen LogP contribution in [0.2, 0.25) is 0 Å². The highest BCUT2D eigenvalue weighted by atomic mass is 19.1. The van der Waals surface area contributed by atoms with Crippen molar-refractivity contribution in [1.82, 2.24) is 4.98 Å². The molecule has 0 aliphatic rings. The molecule has 6 nitrogen and oxygen atoms in total. The van der Waals surface area contributed by atoms with Crippen LogP contribution in [0.3, 0.4) is 0 Å². The van der Waals surface area contributed by atoms with Gasteiger partial charge in [-0.25, -0.2) is 9.37 Å². The molecule has 2 rings (SSSR count). The van der Waals surface area contributed by atoms with Gasteiger partial charge < -0.3 is 4.42 Å². The summed E-state index contributed by atoms with van der Waals surface area (Å²) in [5.74, 6) is -0.814. The summed E-state index contributed by atoms with van der Waals surface area (Å²) in [6.07, 6.45) is 0. The molecule has 0 fully saturated rings. The molecule has 0 radical (unpaired) electrons. The lowest BCUT2D eigenvalue weighted by Crippen LogP contribution is -2.05. The summed E-state index contributed by atoms with van der Waals surface area (Å²) >= 11 is 0. The minimum Gasteiger partial charge on any atom is -0.435 e. The number of fused-ring (bicyclic) bond motifs is 1. The Morgan fingerprint density at radius 3 is 2.15 bits per heavy atom. The van der Waals surface area contributed by atoms with E-state index in [0.29, 0.717) is 0 Å². The summed E-state index contributed by atoms with van der Waals surface area (Å²) in [6, 6.07) is 8.63. The Bertz CT molecular complexity index is 973. The van der Waals surface area contributed by atoms with Crippen molar-refractivity contribution in [2.24, 2.45) is 0 Å².